The molecule has 0 amide bonds. The minimum atomic E-state index is -0.756. The number of imidazole rings is 1. The van der Waals surface area contributed by atoms with Crippen LogP contribution >= 0.6 is 0 Å². The highest BCUT2D eigenvalue weighted by Crippen LogP contribution is 2.33. The number of phenols is 1. The van der Waals surface area contributed by atoms with Crippen molar-refractivity contribution < 1.29 is 13.9 Å². The maximum atomic E-state index is 14.9. The number of hydrogen-bond donors (Lipinski definition) is 4. The largest absolute Gasteiger partial charge is 0.505 e. The third kappa shape index (κ3) is 2.57. The molecule has 0 saturated carbocycles. The summed E-state index contributed by atoms with van der Waals surface area (Å²) in [5, 5.41) is 20.0. The lowest BCUT2D eigenvalue weighted by molar-refractivity contribution is 0.432. The molecule has 0 aliphatic carbocycles. The molecule has 8 heteroatoms. The third-order valence-electron chi connectivity index (χ3n) is 4.83. The van der Waals surface area contributed by atoms with Gasteiger partial charge in [0, 0.05) is 25.2 Å². The highest BCUT2D eigenvalue weighted by molar-refractivity contribution is 5.94. The number of nitrogens with zero attached hydrogens (tertiary/aromatic N) is 2. The number of H-pyrrole nitrogens is 2. The van der Waals surface area contributed by atoms with Gasteiger partial charge in [-0.05, 0) is 35.4 Å². The number of aromatic hydroxyl groups is 1. The molecule has 0 spiro atoms. The van der Waals surface area contributed by atoms with Crippen LogP contribution in [0.25, 0.3) is 33.5 Å². The molecular formula is C19H15F2N5O. The zero-order chi connectivity index (χ0) is 18.5. The number of phenolic OH excluding ortho intramolecular Hbond substituents is 1. The molecule has 0 fully saturated rings. The third-order valence-corrected chi connectivity index (χ3v) is 4.83. The first kappa shape index (κ1) is 16.0. The van der Waals surface area contributed by atoms with E-state index in [1.165, 1.54) is 24.3 Å². The molecule has 136 valence electrons. The van der Waals surface area contributed by atoms with Crippen LogP contribution in [0.5, 0.6) is 5.75 Å². The van der Waals surface area contributed by atoms with Crippen molar-refractivity contribution in [2.45, 2.75) is 13.0 Å². The summed E-state index contributed by atoms with van der Waals surface area (Å²) in [6.45, 7) is 1.55. The number of hydrogen-bond acceptors (Lipinski definition) is 4. The fraction of sp³-hybridized carbons (Fsp3) is 0.158. The van der Waals surface area contributed by atoms with Crippen LogP contribution in [0, 0.1) is 11.6 Å². The SMILES string of the molecule is Oc1ccc(-c2cc(F)c3c(-c4nc5c([nH]4)CCNC5)n[nH]c3c2)cc1F. The molecule has 2 aromatic carbocycles. The Balaban J connectivity index is 1.62. The first-order valence-electron chi connectivity index (χ1n) is 8.55. The fourth-order valence-corrected chi connectivity index (χ4v) is 3.46. The Morgan fingerprint density at radius 3 is 2.70 bits per heavy atom. The van der Waals surface area contributed by atoms with Crippen molar-refractivity contribution in [1.29, 1.82) is 0 Å². The van der Waals surface area contributed by atoms with Crippen molar-refractivity contribution in [2.75, 3.05) is 6.54 Å². The minimum Gasteiger partial charge on any atom is -0.505 e. The standard InChI is InChI=1S/C19H15F2N5O/c20-11-5-9(1-2-16(11)27)10-6-12(21)17-14(7-10)25-26-18(17)19-23-13-3-4-22-8-15(13)24-19/h1-2,5-7,22,27H,3-4,8H2,(H,23,24)(H,25,26). The van der Waals surface area contributed by atoms with Crippen molar-refractivity contribution in [3.63, 3.8) is 0 Å². The summed E-state index contributed by atoms with van der Waals surface area (Å²) < 4.78 is 28.6. The Hall–Kier alpha value is -3.26. The van der Waals surface area contributed by atoms with Gasteiger partial charge in [-0.15, -0.1) is 0 Å². The van der Waals surface area contributed by atoms with Gasteiger partial charge in [-0.2, -0.15) is 5.10 Å². The van der Waals surface area contributed by atoms with E-state index in [1.54, 1.807) is 6.07 Å². The van der Waals surface area contributed by atoms with Crippen molar-refractivity contribution in [1.82, 2.24) is 25.5 Å². The van der Waals surface area contributed by atoms with Gasteiger partial charge >= 0.3 is 0 Å². The van der Waals surface area contributed by atoms with E-state index in [4.69, 9.17) is 0 Å². The summed E-state index contributed by atoms with van der Waals surface area (Å²) in [5.41, 5.74) is 3.81. The van der Waals surface area contributed by atoms with E-state index in [1.807, 2.05) is 0 Å². The molecule has 1 aliphatic rings. The van der Waals surface area contributed by atoms with Gasteiger partial charge in [-0.1, -0.05) is 6.07 Å². The smallest absolute Gasteiger partial charge is 0.165 e. The zero-order valence-electron chi connectivity index (χ0n) is 14.1. The lowest BCUT2D eigenvalue weighted by Gasteiger charge is -2.09. The van der Waals surface area contributed by atoms with Crippen LogP contribution in [0.2, 0.25) is 0 Å². The van der Waals surface area contributed by atoms with Gasteiger partial charge in [0.15, 0.2) is 17.4 Å². The summed E-state index contributed by atoms with van der Waals surface area (Å²) in [5.74, 6) is -1.15. The fourth-order valence-electron chi connectivity index (χ4n) is 3.46. The van der Waals surface area contributed by atoms with Gasteiger partial charge < -0.3 is 15.4 Å². The number of nitrogens with one attached hydrogen (secondary N) is 3. The molecule has 0 atom stereocenters. The molecule has 6 nitrogen and oxygen atoms in total. The predicted octanol–water partition coefficient (Wildman–Crippen LogP) is 3.25. The number of benzene rings is 2. The van der Waals surface area contributed by atoms with Crippen molar-refractivity contribution in [3.05, 3.63) is 53.4 Å². The van der Waals surface area contributed by atoms with Gasteiger partial charge in [-0.3, -0.25) is 5.10 Å². The number of aromatic nitrogens is 4. The van der Waals surface area contributed by atoms with Crippen LogP contribution in [-0.4, -0.2) is 31.8 Å². The molecule has 5 rings (SSSR count). The van der Waals surface area contributed by atoms with Crippen LogP contribution in [0.4, 0.5) is 8.78 Å². The quantitative estimate of drug-likeness (QED) is 0.438. The lowest BCUT2D eigenvalue weighted by atomic mass is 10.0. The first-order valence-corrected chi connectivity index (χ1v) is 8.55. The summed E-state index contributed by atoms with van der Waals surface area (Å²) in [4.78, 5) is 7.78. The van der Waals surface area contributed by atoms with Gasteiger partial charge in [0.25, 0.3) is 0 Å². The number of rotatable bonds is 2. The van der Waals surface area contributed by atoms with Gasteiger partial charge in [0.2, 0.25) is 0 Å². The van der Waals surface area contributed by atoms with E-state index >= 15 is 0 Å². The van der Waals surface area contributed by atoms with E-state index in [-0.39, 0.29) is 0 Å². The second-order valence-corrected chi connectivity index (χ2v) is 6.56. The molecule has 27 heavy (non-hydrogen) atoms. The van der Waals surface area contributed by atoms with E-state index in [0.717, 1.165) is 24.4 Å². The Morgan fingerprint density at radius 2 is 1.89 bits per heavy atom. The van der Waals surface area contributed by atoms with Crippen LogP contribution in [0.1, 0.15) is 11.4 Å². The molecule has 2 aromatic heterocycles. The van der Waals surface area contributed by atoms with Crippen LogP contribution in [-0.2, 0) is 13.0 Å². The molecule has 0 bridgehead atoms. The van der Waals surface area contributed by atoms with E-state index in [0.29, 0.717) is 40.1 Å². The minimum absolute atomic E-state index is 0.331. The lowest BCUT2D eigenvalue weighted by Crippen LogP contribution is -2.23. The molecule has 3 heterocycles. The number of halogens is 2. The van der Waals surface area contributed by atoms with E-state index < -0.39 is 17.4 Å². The average Bonchev–Trinajstić information content (AvgIpc) is 3.27. The Morgan fingerprint density at radius 1 is 1.04 bits per heavy atom. The summed E-state index contributed by atoms with van der Waals surface area (Å²) in [7, 11) is 0. The summed E-state index contributed by atoms with van der Waals surface area (Å²) in [6.07, 6.45) is 0.837. The normalized spacial score (nSPS) is 13.9. The maximum absolute atomic E-state index is 14.9. The molecule has 0 saturated heterocycles. The number of fused-ring (bicyclic) bond motifs is 2. The van der Waals surface area contributed by atoms with Crippen molar-refractivity contribution in [2.24, 2.45) is 0 Å². The van der Waals surface area contributed by atoms with Gasteiger partial charge in [0.05, 0.1) is 16.6 Å². The average molecular weight is 367 g/mol. The van der Waals surface area contributed by atoms with Crippen molar-refractivity contribution >= 4 is 10.9 Å². The maximum Gasteiger partial charge on any atom is 0.165 e. The monoisotopic (exact) mass is 367 g/mol. The van der Waals surface area contributed by atoms with E-state index in [2.05, 4.69) is 25.5 Å². The molecular weight excluding hydrogens is 352 g/mol. The number of aromatic amines is 2. The first-order chi connectivity index (χ1) is 13.1. The van der Waals surface area contributed by atoms with Crippen molar-refractivity contribution in [3.8, 4) is 28.4 Å². The van der Waals surface area contributed by atoms with E-state index in [9.17, 15) is 13.9 Å². The van der Waals surface area contributed by atoms with Crippen LogP contribution < -0.4 is 5.32 Å². The zero-order valence-corrected chi connectivity index (χ0v) is 14.1. The van der Waals surface area contributed by atoms with Gasteiger partial charge in [-0.25, -0.2) is 13.8 Å². The second-order valence-electron chi connectivity index (χ2n) is 6.56. The van der Waals surface area contributed by atoms with Gasteiger partial charge in [0.1, 0.15) is 11.5 Å². The summed E-state index contributed by atoms with van der Waals surface area (Å²) in [6, 6.07) is 6.97. The molecule has 4 aromatic rings. The molecule has 0 unspecified atom stereocenters. The molecule has 0 radical (unpaired) electrons. The topological polar surface area (TPSA) is 89.6 Å². The highest BCUT2D eigenvalue weighted by atomic mass is 19.1. The predicted molar refractivity (Wildman–Crippen MR) is 96.1 cm³/mol. The Bertz CT molecular complexity index is 1160. The molecule has 4 N–H and O–H groups in total. The Kier molecular flexibility index (Phi) is 3.48. The highest BCUT2D eigenvalue weighted by Gasteiger charge is 2.20. The van der Waals surface area contributed by atoms with Crippen LogP contribution in [0.3, 0.4) is 0 Å². The Labute approximate surface area is 152 Å². The molecule has 1 aliphatic heterocycles. The second kappa shape index (κ2) is 5.88. The summed E-state index contributed by atoms with van der Waals surface area (Å²) >= 11 is 0. The van der Waals surface area contributed by atoms with Crippen LogP contribution in [0.15, 0.2) is 30.3 Å².